The van der Waals surface area contributed by atoms with Gasteiger partial charge in [0.25, 0.3) is 5.69 Å². The first-order chi connectivity index (χ1) is 15.8. The highest BCUT2D eigenvalue weighted by molar-refractivity contribution is 5.76. The molecule has 2 aromatic carbocycles. The molecular formula is C22H23N5O6. The number of non-ortho nitro benzene ring substituents is 1. The number of nitro groups is 1. The van der Waals surface area contributed by atoms with Crippen molar-refractivity contribution in [3.63, 3.8) is 0 Å². The number of aliphatic hydroxyl groups is 1. The molecule has 1 N–H and O–H groups in total. The molecule has 0 saturated heterocycles. The second-order valence-corrected chi connectivity index (χ2v) is 7.89. The summed E-state index contributed by atoms with van der Waals surface area (Å²) in [6.07, 6.45) is -0.460. The number of para-hydroxylation sites is 2. The summed E-state index contributed by atoms with van der Waals surface area (Å²) in [5.74, 6) is 0.320. The third kappa shape index (κ3) is 3.36. The Balaban J connectivity index is 2.11. The zero-order valence-corrected chi connectivity index (χ0v) is 18.5. The highest BCUT2D eigenvalue weighted by Crippen LogP contribution is 2.45. The lowest BCUT2D eigenvalue weighted by atomic mass is 9.84. The molecule has 0 fully saturated rings. The molecule has 172 valence electrons. The van der Waals surface area contributed by atoms with Gasteiger partial charge in [-0.2, -0.15) is 5.26 Å². The van der Waals surface area contributed by atoms with Crippen LogP contribution in [0.5, 0.6) is 5.75 Å². The van der Waals surface area contributed by atoms with Crippen LogP contribution in [0.4, 0.5) is 5.69 Å². The number of methoxy groups -OCH3 is 2. The van der Waals surface area contributed by atoms with Gasteiger partial charge in [-0.3, -0.25) is 14.7 Å². The van der Waals surface area contributed by atoms with Crippen LogP contribution in [0.2, 0.25) is 0 Å². The smallest absolute Gasteiger partial charge is 0.270 e. The van der Waals surface area contributed by atoms with Crippen LogP contribution in [0.25, 0.3) is 11.0 Å². The van der Waals surface area contributed by atoms with Gasteiger partial charge in [-0.1, -0.05) is 12.1 Å². The fraction of sp³-hybridized carbons (Fsp3) is 0.364. The summed E-state index contributed by atoms with van der Waals surface area (Å²) in [4.78, 5) is 15.0. The molecule has 1 aliphatic heterocycles. The minimum absolute atomic E-state index is 0.159. The zero-order chi connectivity index (χ0) is 23.9. The predicted octanol–water partition coefficient (Wildman–Crippen LogP) is 1.99. The van der Waals surface area contributed by atoms with E-state index in [0.717, 1.165) is 5.52 Å². The maximum absolute atomic E-state index is 11.7. The number of fused-ring (bicyclic) bond motifs is 2. The Hall–Kier alpha value is -3.72. The summed E-state index contributed by atoms with van der Waals surface area (Å²) in [5.41, 5.74) is 0.505. The van der Waals surface area contributed by atoms with Crippen LogP contribution >= 0.6 is 0 Å². The van der Waals surface area contributed by atoms with Gasteiger partial charge in [-0.05, 0) is 25.1 Å². The number of aliphatic hydroxyl groups excluding tert-OH is 1. The monoisotopic (exact) mass is 453 g/mol. The van der Waals surface area contributed by atoms with E-state index in [1.54, 1.807) is 23.1 Å². The van der Waals surface area contributed by atoms with Crippen molar-refractivity contribution in [3.8, 4) is 11.9 Å². The Kier molecular flexibility index (Phi) is 5.67. The van der Waals surface area contributed by atoms with E-state index in [9.17, 15) is 20.5 Å². The van der Waals surface area contributed by atoms with Crippen LogP contribution in [0.1, 0.15) is 18.5 Å². The second-order valence-electron chi connectivity index (χ2n) is 7.89. The van der Waals surface area contributed by atoms with Gasteiger partial charge in [0.2, 0.25) is 11.8 Å². The van der Waals surface area contributed by atoms with Crippen molar-refractivity contribution in [1.82, 2.24) is 9.13 Å². The van der Waals surface area contributed by atoms with Crippen LogP contribution < -0.4 is 10.4 Å². The maximum Gasteiger partial charge on any atom is 0.270 e. The fourth-order valence-corrected chi connectivity index (χ4v) is 4.56. The van der Waals surface area contributed by atoms with Crippen LogP contribution in [0.3, 0.4) is 0 Å². The molecule has 0 spiro atoms. The fourth-order valence-electron chi connectivity index (χ4n) is 4.56. The van der Waals surface area contributed by atoms with Gasteiger partial charge in [-0.15, -0.1) is 4.99 Å². The van der Waals surface area contributed by atoms with Gasteiger partial charge in [0.1, 0.15) is 11.9 Å². The van der Waals surface area contributed by atoms with E-state index in [0.29, 0.717) is 16.8 Å². The molecule has 2 heterocycles. The summed E-state index contributed by atoms with van der Waals surface area (Å²) < 4.78 is 20.4. The van der Waals surface area contributed by atoms with Crippen molar-refractivity contribution >= 4 is 16.7 Å². The van der Waals surface area contributed by atoms with Crippen molar-refractivity contribution < 1.29 is 24.2 Å². The Morgan fingerprint density at radius 3 is 2.55 bits per heavy atom. The number of aromatic nitrogens is 2. The lowest BCUT2D eigenvalue weighted by Crippen LogP contribution is -2.61. The van der Waals surface area contributed by atoms with Crippen molar-refractivity contribution in [2.45, 2.75) is 31.0 Å². The molecule has 0 aliphatic carbocycles. The highest BCUT2D eigenvalue weighted by atomic mass is 16.7. The molecule has 0 unspecified atom stereocenters. The number of hydrogen-bond donors (Lipinski definition) is 1. The SMILES string of the molecule is COC(OC)[C@@]1(C)Oc2ccc([N+](=O)[O-])cc2[C@H](n2c(=NC#N)n(C)c3ccccc32)[C@H]1O. The molecule has 33 heavy (non-hydrogen) atoms. The quantitative estimate of drug-likeness (QED) is 0.270. The molecule has 4 rings (SSSR count). The third-order valence-electron chi connectivity index (χ3n) is 6.08. The molecule has 3 aromatic rings. The maximum atomic E-state index is 11.7. The second kappa shape index (κ2) is 8.32. The summed E-state index contributed by atoms with van der Waals surface area (Å²) in [6, 6.07) is 10.6. The Morgan fingerprint density at radius 2 is 1.94 bits per heavy atom. The van der Waals surface area contributed by atoms with Gasteiger partial charge in [0.05, 0.1) is 22.0 Å². The van der Waals surface area contributed by atoms with Gasteiger partial charge in [0, 0.05) is 39.0 Å². The topological polar surface area (TPSA) is 137 Å². The average Bonchev–Trinajstić information content (AvgIpc) is 3.07. The van der Waals surface area contributed by atoms with Crippen LogP contribution in [0, 0.1) is 21.6 Å². The van der Waals surface area contributed by atoms with Crippen LogP contribution in [0.15, 0.2) is 47.5 Å². The first-order valence-corrected chi connectivity index (χ1v) is 10.1. The van der Waals surface area contributed by atoms with Crippen molar-refractivity contribution in [3.05, 3.63) is 63.8 Å². The van der Waals surface area contributed by atoms with E-state index in [4.69, 9.17) is 14.2 Å². The zero-order valence-electron chi connectivity index (χ0n) is 18.5. The average molecular weight is 453 g/mol. The molecule has 0 radical (unpaired) electrons. The van der Waals surface area contributed by atoms with Crippen molar-refractivity contribution in [2.24, 2.45) is 12.0 Å². The largest absolute Gasteiger partial charge is 0.479 e. The normalized spacial score (nSPS) is 22.8. The highest BCUT2D eigenvalue weighted by Gasteiger charge is 2.53. The molecule has 1 aliphatic rings. The molecule has 0 bridgehead atoms. The van der Waals surface area contributed by atoms with Gasteiger partial charge >= 0.3 is 0 Å². The predicted molar refractivity (Wildman–Crippen MR) is 116 cm³/mol. The number of aryl methyl sites for hydroxylation is 1. The molecule has 3 atom stereocenters. The number of ether oxygens (including phenoxy) is 3. The van der Waals surface area contributed by atoms with Gasteiger partial charge in [-0.25, -0.2) is 0 Å². The first-order valence-electron chi connectivity index (χ1n) is 10.1. The number of nitriles is 1. The van der Waals surface area contributed by atoms with E-state index in [-0.39, 0.29) is 11.3 Å². The summed E-state index contributed by atoms with van der Waals surface area (Å²) in [5, 5.41) is 32.6. The van der Waals surface area contributed by atoms with Crippen LogP contribution in [-0.4, -0.2) is 51.4 Å². The summed E-state index contributed by atoms with van der Waals surface area (Å²) in [7, 11) is 4.61. The molecule has 1 aromatic heterocycles. The number of imidazole rings is 1. The van der Waals surface area contributed by atoms with Gasteiger partial charge in [0.15, 0.2) is 11.9 Å². The minimum atomic E-state index is -1.40. The number of rotatable bonds is 5. The lowest BCUT2D eigenvalue weighted by molar-refractivity contribution is -0.385. The van der Waals surface area contributed by atoms with E-state index in [2.05, 4.69) is 4.99 Å². The Morgan fingerprint density at radius 1 is 1.27 bits per heavy atom. The molecular weight excluding hydrogens is 430 g/mol. The van der Waals surface area contributed by atoms with E-state index in [1.165, 1.54) is 32.4 Å². The molecule has 11 nitrogen and oxygen atoms in total. The number of hydrogen-bond acceptors (Lipinski definition) is 8. The molecule has 0 saturated carbocycles. The number of nitrogens with zero attached hydrogens (tertiary/aromatic N) is 5. The lowest BCUT2D eigenvalue weighted by Gasteiger charge is -2.46. The summed E-state index contributed by atoms with van der Waals surface area (Å²) in [6.45, 7) is 1.64. The van der Waals surface area contributed by atoms with Crippen molar-refractivity contribution in [1.29, 1.82) is 5.26 Å². The van der Waals surface area contributed by atoms with E-state index >= 15 is 0 Å². The Bertz CT molecular complexity index is 1340. The summed E-state index contributed by atoms with van der Waals surface area (Å²) >= 11 is 0. The van der Waals surface area contributed by atoms with Gasteiger partial charge < -0.3 is 23.9 Å². The standard InChI is InChI=1S/C22H23N5O6/c1-22(20(31-3)32-4)19(28)18(14-11-13(27(29)30)9-10-17(14)33-22)26-16-8-6-5-7-15(16)25(2)21(26)24-12-23/h5-11,18-20,28H,1-4H3/t18-,19+,22-/m0/s1. The molecule has 11 heteroatoms. The third-order valence-corrected chi connectivity index (χ3v) is 6.08. The first kappa shape index (κ1) is 22.5. The van der Waals surface area contributed by atoms with E-state index < -0.39 is 29.0 Å². The van der Waals surface area contributed by atoms with Crippen molar-refractivity contribution in [2.75, 3.05) is 14.2 Å². The van der Waals surface area contributed by atoms with E-state index in [1.807, 2.05) is 30.5 Å². The molecule has 0 amide bonds. The Labute approximate surface area is 188 Å². The minimum Gasteiger partial charge on any atom is -0.479 e. The number of benzene rings is 2. The van der Waals surface area contributed by atoms with Crippen LogP contribution in [-0.2, 0) is 16.5 Å². The number of nitro benzene ring substituents is 1.